The monoisotopic (exact) mass is 428 g/mol. The number of nitrogens with zero attached hydrogens (tertiary/aromatic N) is 4. The van der Waals surface area contributed by atoms with Crippen LogP contribution in [0.1, 0.15) is 30.3 Å². The smallest absolute Gasteiger partial charge is 0.230 e. The molecule has 1 aliphatic heterocycles. The fourth-order valence-corrected chi connectivity index (χ4v) is 5.16. The third-order valence-corrected chi connectivity index (χ3v) is 6.26. The summed E-state index contributed by atoms with van der Waals surface area (Å²) in [4.78, 5) is 8.05. The Morgan fingerprint density at radius 2 is 1.90 bits per heavy atom. The molecule has 9 heteroatoms. The zero-order valence-electron chi connectivity index (χ0n) is 16.5. The minimum Gasteiger partial charge on any atom is -0.492 e. The van der Waals surface area contributed by atoms with Crippen LogP contribution in [0.15, 0.2) is 47.1 Å². The van der Waals surface area contributed by atoms with Crippen molar-refractivity contribution >= 4 is 16.3 Å². The minimum absolute atomic E-state index is 0.0291. The first-order valence-electron chi connectivity index (χ1n) is 9.77. The molecule has 1 saturated heterocycles. The lowest BCUT2D eigenvalue weighted by molar-refractivity contribution is -0.0764. The largest absolute Gasteiger partial charge is 0.492 e. The zero-order chi connectivity index (χ0) is 20.8. The second-order valence-electron chi connectivity index (χ2n) is 7.56. The highest BCUT2D eigenvalue weighted by molar-refractivity contribution is 7.17. The molecule has 3 unspecified atom stereocenters. The maximum absolute atomic E-state index is 13.6. The number of aromatic nitrogens is 3. The minimum atomic E-state index is -0.295. The molecule has 4 aromatic rings. The summed E-state index contributed by atoms with van der Waals surface area (Å²) >= 11 is 1.37. The highest BCUT2D eigenvalue weighted by Gasteiger charge is 2.34. The first kappa shape index (κ1) is 19.2. The number of thiazole rings is 1. The van der Waals surface area contributed by atoms with E-state index in [0.29, 0.717) is 34.5 Å². The topological polar surface area (TPSA) is 76.0 Å². The Morgan fingerprint density at radius 3 is 2.53 bits per heavy atom. The molecule has 0 radical (unpaired) electrons. The quantitative estimate of drug-likeness (QED) is 0.528. The summed E-state index contributed by atoms with van der Waals surface area (Å²) < 4.78 is 26.3. The van der Waals surface area contributed by atoms with Crippen molar-refractivity contribution in [2.45, 2.75) is 32.1 Å². The van der Waals surface area contributed by atoms with Crippen LogP contribution in [0, 0.1) is 5.82 Å². The van der Waals surface area contributed by atoms with Gasteiger partial charge >= 0.3 is 0 Å². The highest BCUT2D eigenvalue weighted by Crippen LogP contribution is 2.41. The van der Waals surface area contributed by atoms with Crippen LogP contribution in [0.2, 0.25) is 0 Å². The van der Waals surface area contributed by atoms with Crippen molar-refractivity contribution in [1.82, 2.24) is 19.5 Å². The number of benzene rings is 1. The predicted octanol–water partition coefficient (Wildman–Crippen LogP) is 4.09. The van der Waals surface area contributed by atoms with Gasteiger partial charge in [-0.25, -0.2) is 4.39 Å². The van der Waals surface area contributed by atoms with Gasteiger partial charge in [0.2, 0.25) is 16.7 Å². The Kier molecular flexibility index (Phi) is 4.80. The summed E-state index contributed by atoms with van der Waals surface area (Å²) in [6, 6.07) is 9.68. The Labute approximate surface area is 176 Å². The summed E-state index contributed by atoms with van der Waals surface area (Å²) in [7, 11) is 0. The molecule has 0 saturated carbocycles. The second kappa shape index (κ2) is 7.50. The lowest BCUT2D eigenvalue weighted by Crippen LogP contribution is -2.47. The van der Waals surface area contributed by atoms with E-state index in [-0.39, 0.29) is 29.9 Å². The Morgan fingerprint density at radius 1 is 1.17 bits per heavy atom. The van der Waals surface area contributed by atoms with Crippen molar-refractivity contribution in [3.05, 3.63) is 58.9 Å². The number of aromatic hydroxyl groups is 1. The summed E-state index contributed by atoms with van der Waals surface area (Å²) in [5.74, 6) is 0.690. The van der Waals surface area contributed by atoms with E-state index >= 15 is 0 Å². The number of halogens is 1. The van der Waals surface area contributed by atoms with E-state index in [1.54, 1.807) is 30.5 Å². The van der Waals surface area contributed by atoms with E-state index in [1.165, 1.54) is 28.0 Å². The lowest BCUT2D eigenvalue weighted by atomic mass is 10.0. The first-order valence-corrected chi connectivity index (χ1v) is 10.6. The van der Waals surface area contributed by atoms with Gasteiger partial charge in [-0.2, -0.15) is 9.50 Å². The van der Waals surface area contributed by atoms with E-state index in [0.717, 1.165) is 5.56 Å². The van der Waals surface area contributed by atoms with E-state index in [2.05, 4.69) is 15.0 Å². The molecule has 30 heavy (non-hydrogen) atoms. The third kappa shape index (κ3) is 3.38. The van der Waals surface area contributed by atoms with Crippen LogP contribution in [0.3, 0.4) is 0 Å². The molecule has 1 aromatic carbocycles. The molecule has 1 N–H and O–H groups in total. The summed E-state index contributed by atoms with van der Waals surface area (Å²) in [6.45, 7) is 5.44. The van der Waals surface area contributed by atoms with Crippen molar-refractivity contribution in [2.75, 3.05) is 13.1 Å². The van der Waals surface area contributed by atoms with Crippen LogP contribution in [0.5, 0.6) is 5.88 Å². The molecule has 7 nitrogen and oxygen atoms in total. The van der Waals surface area contributed by atoms with Crippen molar-refractivity contribution in [2.24, 2.45) is 0 Å². The maximum Gasteiger partial charge on any atom is 0.230 e. The van der Waals surface area contributed by atoms with Crippen molar-refractivity contribution in [3.8, 4) is 17.5 Å². The molecular formula is C21H21FN4O3S. The molecule has 0 bridgehead atoms. The van der Waals surface area contributed by atoms with Gasteiger partial charge in [0.25, 0.3) is 0 Å². The second-order valence-corrected chi connectivity index (χ2v) is 8.57. The molecule has 156 valence electrons. The number of furan rings is 1. The van der Waals surface area contributed by atoms with Gasteiger partial charge in [-0.05, 0) is 43.7 Å². The van der Waals surface area contributed by atoms with Crippen LogP contribution in [-0.4, -0.2) is 49.9 Å². The van der Waals surface area contributed by atoms with Crippen LogP contribution in [0.25, 0.3) is 16.5 Å². The Hall–Kier alpha value is -2.75. The number of ether oxygens (including phenoxy) is 1. The summed E-state index contributed by atoms with van der Waals surface area (Å²) in [5.41, 5.74) is 0.892. The molecule has 3 aromatic heterocycles. The SMILES string of the molecule is CC1CN(C(c2ccc(F)cc2)c2sc3nc(-c4ccco4)nn3c2O)CC(C)O1. The summed E-state index contributed by atoms with van der Waals surface area (Å²) in [6.07, 6.45) is 1.65. The average molecular weight is 428 g/mol. The normalized spacial score (nSPS) is 21.3. The molecule has 4 heterocycles. The van der Waals surface area contributed by atoms with Gasteiger partial charge in [0.05, 0.1) is 29.4 Å². The fourth-order valence-electron chi connectivity index (χ4n) is 4.04. The maximum atomic E-state index is 13.6. The molecule has 0 spiro atoms. The number of hydrogen-bond acceptors (Lipinski definition) is 7. The van der Waals surface area contributed by atoms with Gasteiger partial charge in [0, 0.05) is 13.1 Å². The van der Waals surface area contributed by atoms with Crippen molar-refractivity contribution in [3.63, 3.8) is 0 Å². The molecule has 1 aliphatic rings. The van der Waals surface area contributed by atoms with Gasteiger partial charge in [-0.3, -0.25) is 4.90 Å². The lowest BCUT2D eigenvalue weighted by Gasteiger charge is -2.40. The molecule has 5 rings (SSSR count). The van der Waals surface area contributed by atoms with Crippen LogP contribution < -0.4 is 0 Å². The molecular weight excluding hydrogens is 407 g/mol. The molecule has 0 amide bonds. The zero-order valence-corrected chi connectivity index (χ0v) is 17.3. The van der Waals surface area contributed by atoms with Crippen LogP contribution in [-0.2, 0) is 4.74 Å². The summed E-state index contributed by atoms with van der Waals surface area (Å²) in [5, 5.41) is 15.5. The van der Waals surface area contributed by atoms with Crippen molar-refractivity contribution < 1.29 is 18.7 Å². The van der Waals surface area contributed by atoms with E-state index < -0.39 is 0 Å². The molecule has 0 aliphatic carbocycles. The number of fused-ring (bicyclic) bond motifs is 1. The van der Waals surface area contributed by atoms with Gasteiger partial charge in [0.1, 0.15) is 5.82 Å². The van der Waals surface area contributed by atoms with E-state index in [1.807, 2.05) is 13.8 Å². The van der Waals surface area contributed by atoms with E-state index in [9.17, 15) is 9.50 Å². The highest BCUT2D eigenvalue weighted by atomic mass is 32.1. The van der Waals surface area contributed by atoms with Gasteiger partial charge in [0.15, 0.2) is 5.76 Å². The van der Waals surface area contributed by atoms with Gasteiger partial charge in [-0.1, -0.05) is 23.5 Å². The Balaban J connectivity index is 1.60. The number of morpholine rings is 1. The molecule has 3 atom stereocenters. The molecule has 1 fully saturated rings. The number of rotatable bonds is 4. The predicted molar refractivity (Wildman–Crippen MR) is 110 cm³/mol. The van der Waals surface area contributed by atoms with Crippen LogP contribution in [0.4, 0.5) is 4.39 Å². The number of hydrogen-bond donors (Lipinski definition) is 1. The average Bonchev–Trinajstić information content (AvgIpc) is 3.42. The van der Waals surface area contributed by atoms with Gasteiger partial charge in [-0.15, -0.1) is 5.10 Å². The van der Waals surface area contributed by atoms with E-state index in [4.69, 9.17) is 9.15 Å². The first-order chi connectivity index (χ1) is 14.5. The Bertz CT molecular complexity index is 1150. The standard InChI is InChI=1S/C21H21FN4O3S/c1-12-10-25(11-13(2)29-12)17(14-5-7-15(22)8-6-14)18-20(27)26-21(30-18)23-19(24-26)16-4-3-9-28-16/h3-9,12-13,17,27H,10-11H2,1-2H3. The van der Waals surface area contributed by atoms with Crippen LogP contribution >= 0.6 is 11.3 Å². The van der Waals surface area contributed by atoms with Crippen molar-refractivity contribution in [1.29, 1.82) is 0 Å². The fraction of sp³-hybridized carbons (Fsp3) is 0.333. The van der Waals surface area contributed by atoms with Gasteiger partial charge < -0.3 is 14.3 Å². The third-order valence-electron chi connectivity index (χ3n) is 5.19.